The van der Waals surface area contributed by atoms with Gasteiger partial charge in [0.1, 0.15) is 16.7 Å². The first-order valence-electron chi connectivity index (χ1n) is 14.7. The number of carbonyl (C=O) groups is 3. The number of nitrogens with two attached hydrogens (primary N) is 1. The first-order valence-corrected chi connectivity index (χ1v) is 15.5. The fourth-order valence-electron chi connectivity index (χ4n) is 5.87. The lowest BCUT2D eigenvalue weighted by molar-refractivity contribution is -0.137. The number of aromatic hydroxyl groups is 1. The number of anilines is 2. The van der Waals surface area contributed by atoms with E-state index in [0.29, 0.717) is 11.5 Å². The normalized spacial score (nSPS) is 16.8. The number of hydrogen-bond acceptors (Lipinski definition) is 7. The third kappa shape index (κ3) is 6.98. The van der Waals surface area contributed by atoms with Crippen LogP contribution in [0.1, 0.15) is 95.1 Å². The first kappa shape index (κ1) is 31.3. The van der Waals surface area contributed by atoms with Gasteiger partial charge in [-0.15, -0.1) is 0 Å². The molecule has 0 aliphatic heterocycles. The van der Waals surface area contributed by atoms with E-state index in [9.17, 15) is 32.7 Å². The molecule has 2 aliphatic rings. The summed E-state index contributed by atoms with van der Waals surface area (Å²) in [6, 6.07) is 7.99. The van der Waals surface area contributed by atoms with Crippen LogP contribution in [-0.4, -0.2) is 39.3 Å². The van der Waals surface area contributed by atoms with Crippen molar-refractivity contribution in [3.05, 3.63) is 70.2 Å². The summed E-state index contributed by atoms with van der Waals surface area (Å²) in [6.45, 7) is 0. The van der Waals surface area contributed by atoms with Gasteiger partial charge in [0.2, 0.25) is 5.91 Å². The molecule has 2 aromatic carbocycles. The minimum absolute atomic E-state index is 0.0451. The molecule has 0 bridgehead atoms. The number of phenolic OH excluding ortho intramolecular Hbond substituents is 1. The molecule has 234 valence electrons. The van der Waals surface area contributed by atoms with Gasteiger partial charge in [-0.25, -0.2) is 0 Å². The van der Waals surface area contributed by atoms with Gasteiger partial charge in [0.25, 0.3) is 11.8 Å². The van der Waals surface area contributed by atoms with Gasteiger partial charge >= 0.3 is 6.18 Å². The zero-order chi connectivity index (χ0) is 31.4. The van der Waals surface area contributed by atoms with E-state index >= 15 is 0 Å². The Morgan fingerprint density at radius 3 is 2.18 bits per heavy atom. The van der Waals surface area contributed by atoms with E-state index in [1.54, 1.807) is 0 Å². The fraction of sp³-hybridized carbons (Fsp3) is 0.419. The molecule has 1 heterocycles. The minimum atomic E-state index is -4.72. The van der Waals surface area contributed by atoms with Gasteiger partial charge in [-0.05, 0) is 73.1 Å². The number of carbonyl (C=O) groups excluding carboxylic acids is 3. The Bertz CT molecular complexity index is 1500. The first-order chi connectivity index (χ1) is 21.0. The van der Waals surface area contributed by atoms with Crippen LogP contribution in [0.4, 0.5) is 24.5 Å². The number of hydrogen-bond donors (Lipinski definition) is 4. The molecule has 9 nitrogen and oxygen atoms in total. The number of benzene rings is 2. The highest BCUT2D eigenvalue weighted by Crippen LogP contribution is 2.37. The molecule has 0 spiro atoms. The molecular weight excluding hydrogens is 595 g/mol. The van der Waals surface area contributed by atoms with Crippen molar-refractivity contribution in [2.24, 2.45) is 0 Å². The topological polar surface area (TPSA) is 138 Å². The number of alkyl halides is 3. The Hall–Kier alpha value is -4.13. The zero-order valence-corrected chi connectivity index (χ0v) is 24.7. The molecule has 5 N–H and O–H groups in total. The van der Waals surface area contributed by atoms with Crippen molar-refractivity contribution >= 4 is 40.6 Å². The summed E-state index contributed by atoms with van der Waals surface area (Å²) in [7, 11) is 0. The van der Waals surface area contributed by atoms with Gasteiger partial charge in [-0.3, -0.25) is 19.3 Å². The van der Waals surface area contributed by atoms with E-state index in [2.05, 4.69) is 15.0 Å². The third-order valence-corrected chi connectivity index (χ3v) is 9.02. The van der Waals surface area contributed by atoms with Crippen LogP contribution >= 0.6 is 11.5 Å². The van der Waals surface area contributed by atoms with Crippen LogP contribution in [0.5, 0.6) is 5.75 Å². The summed E-state index contributed by atoms with van der Waals surface area (Å²) >= 11 is 0.646. The van der Waals surface area contributed by atoms with Crippen molar-refractivity contribution in [3.8, 4) is 5.75 Å². The number of rotatable bonds is 8. The number of halogens is 3. The van der Waals surface area contributed by atoms with E-state index in [-0.39, 0.29) is 45.3 Å². The van der Waals surface area contributed by atoms with E-state index in [1.807, 2.05) is 0 Å². The van der Waals surface area contributed by atoms with Crippen LogP contribution in [0.25, 0.3) is 0 Å². The summed E-state index contributed by atoms with van der Waals surface area (Å²) in [5, 5.41) is 15.8. The molecule has 3 aromatic rings. The lowest BCUT2D eigenvalue weighted by Gasteiger charge is -2.32. The number of nitrogens with one attached hydrogen (secondary N) is 2. The molecule has 2 fully saturated rings. The Morgan fingerprint density at radius 2 is 1.55 bits per heavy atom. The van der Waals surface area contributed by atoms with Gasteiger partial charge in [0.15, 0.2) is 5.69 Å². The van der Waals surface area contributed by atoms with Crippen LogP contribution in [0.15, 0.2) is 48.5 Å². The lowest BCUT2D eigenvalue weighted by atomic mass is 9.95. The molecule has 3 amide bonds. The Labute approximate surface area is 256 Å². The number of aromatic nitrogens is 1. The molecule has 44 heavy (non-hydrogen) atoms. The maximum atomic E-state index is 14.4. The van der Waals surface area contributed by atoms with Crippen molar-refractivity contribution in [2.45, 2.75) is 82.1 Å². The van der Waals surface area contributed by atoms with Crippen molar-refractivity contribution in [2.75, 3.05) is 10.6 Å². The van der Waals surface area contributed by atoms with E-state index < -0.39 is 35.5 Å². The van der Waals surface area contributed by atoms with Gasteiger partial charge in [0.05, 0.1) is 11.3 Å². The van der Waals surface area contributed by atoms with E-state index in [4.69, 9.17) is 5.73 Å². The summed E-state index contributed by atoms with van der Waals surface area (Å²) in [5.74, 6) is -2.13. The van der Waals surface area contributed by atoms with Crippen molar-refractivity contribution in [1.82, 2.24) is 15.0 Å². The van der Waals surface area contributed by atoms with Crippen LogP contribution in [0, 0.1) is 0 Å². The largest absolute Gasteiger partial charge is 0.508 e. The molecule has 1 atom stereocenters. The highest BCUT2D eigenvalue weighted by Gasteiger charge is 2.39. The van der Waals surface area contributed by atoms with Crippen LogP contribution in [0.3, 0.4) is 0 Å². The van der Waals surface area contributed by atoms with Crippen LogP contribution < -0.4 is 21.3 Å². The molecule has 13 heteroatoms. The second-order valence-electron chi connectivity index (χ2n) is 11.3. The summed E-state index contributed by atoms with van der Waals surface area (Å²) in [4.78, 5) is 42.1. The second kappa shape index (κ2) is 13.2. The number of nitrogen functional groups attached to an aromatic ring is 1. The number of phenols is 1. The maximum absolute atomic E-state index is 14.4. The van der Waals surface area contributed by atoms with Crippen LogP contribution in [-0.2, 0) is 11.0 Å². The fourth-order valence-corrected chi connectivity index (χ4v) is 6.60. The average Bonchev–Trinajstić information content (AvgIpc) is 3.65. The monoisotopic (exact) mass is 629 g/mol. The third-order valence-electron chi connectivity index (χ3n) is 8.17. The quantitative estimate of drug-likeness (QED) is 0.243. The summed E-state index contributed by atoms with van der Waals surface area (Å²) in [5.41, 5.74) is 4.99. The average molecular weight is 630 g/mol. The Morgan fingerprint density at radius 1 is 0.932 bits per heavy atom. The molecule has 1 aromatic heterocycles. The van der Waals surface area contributed by atoms with Gasteiger partial charge in [0, 0.05) is 17.8 Å². The predicted octanol–water partition coefficient (Wildman–Crippen LogP) is 5.96. The van der Waals surface area contributed by atoms with E-state index in [1.165, 1.54) is 30.3 Å². The van der Waals surface area contributed by atoms with Crippen molar-refractivity contribution in [1.29, 1.82) is 0 Å². The Kier molecular flexibility index (Phi) is 9.42. The van der Waals surface area contributed by atoms with Gasteiger partial charge < -0.3 is 21.5 Å². The van der Waals surface area contributed by atoms with Gasteiger partial charge in [-0.1, -0.05) is 50.3 Å². The number of nitrogens with zero attached hydrogens (tertiary/aromatic N) is 2. The van der Waals surface area contributed by atoms with Crippen molar-refractivity contribution in [3.63, 3.8) is 0 Å². The highest BCUT2D eigenvalue weighted by atomic mass is 32.1. The molecule has 0 saturated heterocycles. The Balaban J connectivity index is 1.57. The second-order valence-corrected chi connectivity index (χ2v) is 12.1. The molecule has 5 rings (SSSR count). The van der Waals surface area contributed by atoms with Crippen molar-refractivity contribution < 1.29 is 32.7 Å². The molecule has 1 unspecified atom stereocenters. The van der Waals surface area contributed by atoms with Gasteiger partial charge in [-0.2, -0.15) is 17.5 Å². The minimum Gasteiger partial charge on any atom is -0.508 e. The van der Waals surface area contributed by atoms with Crippen LogP contribution in [0.2, 0.25) is 0 Å². The van der Waals surface area contributed by atoms with E-state index in [0.717, 1.165) is 80.9 Å². The molecule has 2 aliphatic carbocycles. The maximum Gasteiger partial charge on any atom is 0.416 e. The standard InChI is InChI=1S/C31H34F3N5O4S/c32-31(33,34)19-7-6-12-22(17-19)39(26(18-13-15-23(40)16-14-18)29(42)37-21-10-4-5-11-21)30(43)27-24(35)25(38-44-27)28(41)36-20-8-2-1-3-9-20/h6-7,12-17,20-21,26,40H,1-5,8-11,35H2,(H,36,41)(H,37,42). The zero-order valence-electron chi connectivity index (χ0n) is 23.9. The SMILES string of the molecule is Nc1c(C(=O)NC2CCCCC2)nsc1C(=O)N(c1cccc(C(F)(F)F)c1)C(C(=O)NC1CCCC1)c1ccc(O)cc1. The molecule has 0 radical (unpaired) electrons. The highest BCUT2D eigenvalue weighted by molar-refractivity contribution is 7.09. The summed E-state index contributed by atoms with van der Waals surface area (Å²) < 4.78 is 45.6. The predicted molar refractivity (Wildman–Crippen MR) is 160 cm³/mol. The molecular formula is C31H34F3N5O4S. The smallest absolute Gasteiger partial charge is 0.416 e. The molecule has 2 saturated carbocycles. The summed E-state index contributed by atoms with van der Waals surface area (Å²) in [6.07, 6.45) is 3.24. The lowest BCUT2D eigenvalue weighted by Crippen LogP contribution is -2.46. The number of amides is 3.